The van der Waals surface area contributed by atoms with Crippen LogP contribution in [0.2, 0.25) is 0 Å². The van der Waals surface area contributed by atoms with Crippen molar-refractivity contribution in [1.29, 1.82) is 0 Å². The lowest BCUT2D eigenvalue weighted by atomic mass is 9.86. The van der Waals surface area contributed by atoms with Crippen LogP contribution in [0.15, 0.2) is 60.7 Å². The minimum absolute atomic E-state index is 0.0568. The zero-order valence-electron chi connectivity index (χ0n) is 30.9. The maximum absolute atomic E-state index is 14.1. The maximum atomic E-state index is 14.1. The zero-order valence-corrected chi connectivity index (χ0v) is 30.9. The van der Waals surface area contributed by atoms with E-state index in [1.807, 2.05) is 74.5 Å². The number of nitrogens with two attached hydrogens (primary N) is 3. The SMILES string of the molecule is CC(C)C[C@@H](NC(=O)[C@H](CC(=O)[C@H](N)Cc1ccccc1)Cc1ccccc1)C(=O)C[C@H](CCCCNCCN)C(=O)N1CCC(N)(C(=O)O)CC1. The van der Waals surface area contributed by atoms with E-state index in [2.05, 4.69) is 10.6 Å². The molecular formula is C40H60N6O6. The molecule has 12 heteroatoms. The first-order chi connectivity index (χ1) is 24.8. The van der Waals surface area contributed by atoms with E-state index < -0.39 is 41.3 Å². The monoisotopic (exact) mass is 720 g/mol. The topological polar surface area (TPSA) is 211 Å². The molecule has 2 aromatic rings. The maximum Gasteiger partial charge on any atom is 0.323 e. The molecule has 1 aliphatic rings. The fraction of sp³-hybridized carbons (Fsp3) is 0.575. The number of carboxylic acid groups (broad SMARTS) is 1. The molecule has 0 unspecified atom stereocenters. The Balaban J connectivity index is 1.77. The van der Waals surface area contributed by atoms with Crippen LogP contribution < -0.4 is 27.8 Å². The minimum Gasteiger partial charge on any atom is -0.480 e. The summed E-state index contributed by atoms with van der Waals surface area (Å²) in [6.45, 7) is 6.25. The van der Waals surface area contributed by atoms with E-state index in [1.165, 1.54) is 0 Å². The first-order valence-electron chi connectivity index (χ1n) is 18.7. The van der Waals surface area contributed by atoms with Gasteiger partial charge in [-0.05, 0) is 68.5 Å². The predicted octanol–water partition coefficient (Wildman–Crippen LogP) is 2.60. The standard InChI is InChI=1S/C40H60N6O6/c1-28(2)23-34(36(48)26-31(15-9-10-19-44-20-18-41)38(50)46-21-16-40(43,17-22-46)39(51)52)45-37(49)32(24-29-11-5-3-6-12-29)27-35(47)33(42)25-30-13-7-4-8-14-30/h3-8,11-14,28,31-34,44H,9-10,15-27,41-43H2,1-2H3,(H,45,49)(H,51,52)/t31-,32-,33+,34+/m0/s1. The summed E-state index contributed by atoms with van der Waals surface area (Å²) in [6.07, 6.45) is 3.06. The molecular weight excluding hydrogens is 660 g/mol. The Morgan fingerprint density at radius 1 is 0.827 bits per heavy atom. The smallest absolute Gasteiger partial charge is 0.323 e. The number of benzene rings is 2. The van der Waals surface area contributed by atoms with Gasteiger partial charge in [-0.3, -0.25) is 24.0 Å². The Bertz CT molecular complexity index is 1430. The molecule has 4 atom stereocenters. The van der Waals surface area contributed by atoms with Crippen molar-refractivity contribution in [2.24, 2.45) is 35.0 Å². The van der Waals surface area contributed by atoms with Crippen molar-refractivity contribution >= 4 is 29.4 Å². The number of carbonyl (C=O) groups excluding carboxylic acids is 4. The lowest BCUT2D eigenvalue weighted by Crippen LogP contribution is -2.57. The van der Waals surface area contributed by atoms with Gasteiger partial charge in [0.15, 0.2) is 11.6 Å². The van der Waals surface area contributed by atoms with Crippen molar-refractivity contribution in [3.8, 4) is 0 Å². The Kier molecular flexibility index (Phi) is 17.6. The number of likely N-dealkylation sites (tertiary alicyclic amines) is 1. The molecule has 1 saturated heterocycles. The first kappa shape index (κ1) is 42.4. The van der Waals surface area contributed by atoms with Crippen LogP contribution >= 0.6 is 0 Å². The third-order valence-corrected chi connectivity index (χ3v) is 9.93. The lowest BCUT2D eigenvalue weighted by molar-refractivity contribution is -0.149. The number of unbranched alkanes of at least 4 members (excludes halogenated alkanes) is 1. The summed E-state index contributed by atoms with van der Waals surface area (Å²) in [4.78, 5) is 68.8. The summed E-state index contributed by atoms with van der Waals surface area (Å²) >= 11 is 0. The molecule has 2 aromatic carbocycles. The molecule has 3 rings (SSSR count). The van der Waals surface area contributed by atoms with Gasteiger partial charge in [0.25, 0.3) is 0 Å². The number of hydrogen-bond acceptors (Lipinski definition) is 9. The number of ketones is 2. The van der Waals surface area contributed by atoms with Gasteiger partial charge in [-0.15, -0.1) is 0 Å². The summed E-state index contributed by atoms with van der Waals surface area (Å²) in [5.41, 5.74) is 18.4. The Morgan fingerprint density at radius 3 is 1.96 bits per heavy atom. The highest BCUT2D eigenvalue weighted by molar-refractivity contribution is 5.95. The van der Waals surface area contributed by atoms with Gasteiger partial charge in [0.1, 0.15) is 5.54 Å². The van der Waals surface area contributed by atoms with Crippen LogP contribution in [0.25, 0.3) is 0 Å². The molecule has 0 saturated carbocycles. The number of nitrogens with one attached hydrogen (secondary N) is 2. The number of nitrogens with zero attached hydrogens (tertiary/aromatic N) is 1. The fourth-order valence-corrected chi connectivity index (χ4v) is 6.73. The molecule has 0 aliphatic carbocycles. The van der Waals surface area contributed by atoms with Crippen molar-refractivity contribution in [3.63, 3.8) is 0 Å². The molecule has 0 radical (unpaired) electrons. The zero-order chi connectivity index (χ0) is 38.1. The fourth-order valence-electron chi connectivity index (χ4n) is 6.73. The van der Waals surface area contributed by atoms with Gasteiger partial charge in [0, 0.05) is 50.9 Å². The van der Waals surface area contributed by atoms with Crippen LogP contribution in [0, 0.1) is 17.8 Å². The molecule has 286 valence electrons. The van der Waals surface area contributed by atoms with Crippen LogP contribution in [0.5, 0.6) is 0 Å². The minimum atomic E-state index is -1.38. The molecule has 12 nitrogen and oxygen atoms in total. The highest BCUT2D eigenvalue weighted by Gasteiger charge is 2.40. The van der Waals surface area contributed by atoms with E-state index >= 15 is 0 Å². The molecule has 0 aromatic heterocycles. The Labute approximate surface area is 308 Å². The second kappa shape index (κ2) is 21.5. The summed E-state index contributed by atoms with van der Waals surface area (Å²) in [5.74, 6) is -3.51. The van der Waals surface area contributed by atoms with Crippen molar-refractivity contribution in [2.45, 2.75) is 95.7 Å². The number of rotatable bonds is 23. The molecule has 2 amide bonds. The average molecular weight is 721 g/mol. The second-order valence-electron chi connectivity index (χ2n) is 14.7. The lowest BCUT2D eigenvalue weighted by Gasteiger charge is -2.38. The number of Topliss-reactive ketones (excluding diaryl/α,β-unsaturated/α-hetero) is 2. The van der Waals surface area contributed by atoms with E-state index in [1.54, 1.807) is 4.90 Å². The van der Waals surface area contributed by atoms with Crippen LogP contribution in [-0.4, -0.2) is 89.7 Å². The molecule has 1 heterocycles. The van der Waals surface area contributed by atoms with Crippen LogP contribution in [0.1, 0.15) is 76.3 Å². The van der Waals surface area contributed by atoms with Gasteiger partial charge in [0.2, 0.25) is 11.8 Å². The number of aliphatic carboxylic acids is 1. The summed E-state index contributed by atoms with van der Waals surface area (Å²) in [5, 5.41) is 15.8. The van der Waals surface area contributed by atoms with E-state index in [4.69, 9.17) is 17.2 Å². The van der Waals surface area contributed by atoms with Gasteiger partial charge in [-0.25, -0.2) is 0 Å². The van der Waals surface area contributed by atoms with Gasteiger partial charge in [-0.1, -0.05) is 80.9 Å². The van der Waals surface area contributed by atoms with E-state index in [-0.39, 0.29) is 62.2 Å². The van der Waals surface area contributed by atoms with Crippen LogP contribution in [0.4, 0.5) is 0 Å². The number of hydrogen-bond donors (Lipinski definition) is 6. The highest BCUT2D eigenvalue weighted by Crippen LogP contribution is 2.26. The third kappa shape index (κ3) is 13.9. The molecule has 9 N–H and O–H groups in total. The molecule has 0 bridgehead atoms. The molecule has 1 fully saturated rings. The predicted molar refractivity (Wildman–Crippen MR) is 202 cm³/mol. The average Bonchev–Trinajstić information content (AvgIpc) is 3.12. The summed E-state index contributed by atoms with van der Waals surface area (Å²) in [6, 6.07) is 17.3. The first-order valence-corrected chi connectivity index (χ1v) is 18.7. The van der Waals surface area contributed by atoms with E-state index in [0.717, 1.165) is 24.1 Å². The van der Waals surface area contributed by atoms with Gasteiger partial charge in [0.05, 0.1) is 12.1 Å². The molecule has 52 heavy (non-hydrogen) atoms. The van der Waals surface area contributed by atoms with Gasteiger partial charge < -0.3 is 37.8 Å². The quantitative estimate of drug-likeness (QED) is 0.0924. The number of carbonyl (C=O) groups is 5. The van der Waals surface area contributed by atoms with E-state index in [9.17, 15) is 29.1 Å². The van der Waals surface area contributed by atoms with Crippen molar-refractivity contribution in [2.75, 3.05) is 32.7 Å². The van der Waals surface area contributed by atoms with Crippen molar-refractivity contribution < 1.29 is 29.1 Å². The number of piperidine rings is 1. The van der Waals surface area contributed by atoms with E-state index in [0.29, 0.717) is 45.2 Å². The number of carboxylic acids is 1. The number of amides is 2. The Hall–Kier alpha value is -3.97. The van der Waals surface area contributed by atoms with Gasteiger partial charge in [-0.2, -0.15) is 0 Å². The van der Waals surface area contributed by atoms with Gasteiger partial charge >= 0.3 is 5.97 Å². The second-order valence-corrected chi connectivity index (χ2v) is 14.7. The normalized spacial score (nSPS) is 16.5. The van der Waals surface area contributed by atoms with Crippen molar-refractivity contribution in [3.05, 3.63) is 71.8 Å². The summed E-state index contributed by atoms with van der Waals surface area (Å²) in [7, 11) is 0. The summed E-state index contributed by atoms with van der Waals surface area (Å²) < 4.78 is 0. The van der Waals surface area contributed by atoms with Crippen LogP contribution in [0.3, 0.4) is 0 Å². The largest absolute Gasteiger partial charge is 0.480 e. The molecule has 0 spiro atoms. The molecule has 1 aliphatic heterocycles. The Morgan fingerprint density at radius 2 is 1.40 bits per heavy atom. The van der Waals surface area contributed by atoms with Crippen LogP contribution in [-0.2, 0) is 36.8 Å². The van der Waals surface area contributed by atoms with Crippen molar-refractivity contribution in [1.82, 2.24) is 15.5 Å². The highest BCUT2D eigenvalue weighted by atomic mass is 16.4. The third-order valence-electron chi connectivity index (χ3n) is 9.93.